The van der Waals surface area contributed by atoms with E-state index in [0.717, 1.165) is 4.47 Å². The quantitative estimate of drug-likeness (QED) is 0.583. The predicted molar refractivity (Wildman–Crippen MR) is 50.0 cm³/mol. The van der Waals surface area contributed by atoms with Crippen molar-refractivity contribution in [3.8, 4) is 0 Å². The molecule has 0 saturated carbocycles. The maximum atomic E-state index is 10.8. The molecular formula is C9H9BrKNO2. The number of pyridine rings is 1. The van der Waals surface area contributed by atoms with Gasteiger partial charge in [-0.3, -0.25) is 4.98 Å². The van der Waals surface area contributed by atoms with Crippen LogP contribution >= 0.6 is 15.9 Å². The Morgan fingerprint density at radius 3 is 2.50 bits per heavy atom. The van der Waals surface area contributed by atoms with Crippen molar-refractivity contribution in [3.63, 3.8) is 0 Å². The third-order valence-electron chi connectivity index (χ3n) is 1.94. The normalized spacial score (nSPS) is 10.5. The first-order valence-electron chi connectivity index (χ1n) is 3.77. The Balaban J connectivity index is 0.00000169. The van der Waals surface area contributed by atoms with Crippen LogP contribution in [0.4, 0.5) is 0 Å². The second-order valence-corrected chi connectivity index (χ2v) is 4.22. The largest absolute Gasteiger partial charge is 1.00 e. The minimum atomic E-state index is -1.10. The Hall–Kier alpha value is 0.736. The fourth-order valence-corrected chi connectivity index (χ4v) is 1.24. The van der Waals surface area contributed by atoms with Crippen LogP contribution in [0.25, 0.3) is 0 Å². The molecule has 70 valence electrons. The first-order valence-corrected chi connectivity index (χ1v) is 4.56. The molecule has 1 heterocycles. The van der Waals surface area contributed by atoms with Crippen molar-refractivity contribution in [2.24, 2.45) is 0 Å². The third-order valence-corrected chi connectivity index (χ3v) is 2.37. The molecule has 1 aromatic heterocycles. The van der Waals surface area contributed by atoms with Crippen molar-refractivity contribution in [1.29, 1.82) is 0 Å². The van der Waals surface area contributed by atoms with Crippen molar-refractivity contribution in [1.82, 2.24) is 4.98 Å². The summed E-state index contributed by atoms with van der Waals surface area (Å²) in [4.78, 5) is 14.7. The zero-order valence-electron chi connectivity index (χ0n) is 8.37. The predicted octanol–water partition coefficient (Wildman–Crippen LogP) is -2.12. The zero-order chi connectivity index (χ0) is 10.1. The molecule has 0 saturated heterocycles. The summed E-state index contributed by atoms with van der Waals surface area (Å²) in [6.07, 6.45) is 3.13. The molecule has 0 aliphatic heterocycles. The number of aromatic nitrogens is 1. The third kappa shape index (κ3) is 3.39. The number of halogens is 1. The first-order chi connectivity index (χ1) is 5.94. The minimum Gasteiger partial charge on any atom is -0.549 e. The summed E-state index contributed by atoms with van der Waals surface area (Å²) in [6, 6.07) is 1.72. The van der Waals surface area contributed by atoms with Crippen LogP contribution in [0.1, 0.15) is 19.4 Å². The standard InChI is InChI=1S/C9H10BrNO2.K/c1-9(2,8(12)13)6-3-7(10)5-11-4-6;/h3-5H,1-2H3,(H,12,13);/q;+1/p-1. The summed E-state index contributed by atoms with van der Waals surface area (Å²) >= 11 is 3.23. The number of carbonyl (C=O) groups excluding carboxylic acids is 1. The molecule has 0 radical (unpaired) electrons. The fourth-order valence-electron chi connectivity index (χ4n) is 0.872. The van der Waals surface area contributed by atoms with Crippen molar-refractivity contribution >= 4 is 21.9 Å². The van der Waals surface area contributed by atoms with Gasteiger partial charge in [-0.1, -0.05) is 13.8 Å². The monoisotopic (exact) mass is 281 g/mol. The van der Waals surface area contributed by atoms with Gasteiger partial charge >= 0.3 is 51.4 Å². The Labute approximate surface area is 134 Å². The maximum Gasteiger partial charge on any atom is 1.00 e. The molecule has 14 heavy (non-hydrogen) atoms. The molecule has 1 rings (SSSR count). The molecule has 3 nitrogen and oxygen atoms in total. The summed E-state index contributed by atoms with van der Waals surface area (Å²) in [5.74, 6) is -1.10. The van der Waals surface area contributed by atoms with Gasteiger partial charge in [0, 0.05) is 22.3 Å². The van der Waals surface area contributed by atoms with E-state index in [1.54, 1.807) is 26.1 Å². The van der Waals surface area contributed by atoms with Crippen LogP contribution in [0, 0.1) is 0 Å². The Morgan fingerprint density at radius 1 is 1.50 bits per heavy atom. The number of aliphatic carboxylic acids is 1. The van der Waals surface area contributed by atoms with E-state index in [-0.39, 0.29) is 51.4 Å². The van der Waals surface area contributed by atoms with E-state index in [0.29, 0.717) is 5.56 Å². The number of carboxylic acid groups (broad SMARTS) is 1. The SMILES string of the molecule is CC(C)(C(=O)[O-])c1cncc(Br)c1.[K+]. The molecule has 1 aromatic rings. The van der Waals surface area contributed by atoms with Crippen LogP contribution in [0.2, 0.25) is 0 Å². The number of hydrogen-bond acceptors (Lipinski definition) is 3. The van der Waals surface area contributed by atoms with Gasteiger partial charge < -0.3 is 9.90 Å². The molecule has 0 unspecified atom stereocenters. The Morgan fingerprint density at radius 2 is 2.07 bits per heavy atom. The minimum absolute atomic E-state index is 0. The number of nitrogens with zero attached hydrogens (tertiary/aromatic N) is 1. The Bertz CT molecular complexity index is 341. The van der Waals surface area contributed by atoms with Gasteiger partial charge in [-0.05, 0) is 27.6 Å². The van der Waals surface area contributed by atoms with Crippen molar-refractivity contribution in [2.75, 3.05) is 0 Å². The van der Waals surface area contributed by atoms with E-state index < -0.39 is 11.4 Å². The van der Waals surface area contributed by atoms with Gasteiger partial charge in [0.05, 0.1) is 5.97 Å². The van der Waals surface area contributed by atoms with E-state index >= 15 is 0 Å². The molecule has 0 spiro atoms. The number of carbonyl (C=O) groups is 1. The Kier molecular flexibility index (Phi) is 6.02. The van der Waals surface area contributed by atoms with Gasteiger partial charge in [0.2, 0.25) is 0 Å². The number of carboxylic acids is 1. The molecule has 0 atom stereocenters. The molecule has 5 heteroatoms. The van der Waals surface area contributed by atoms with E-state index in [9.17, 15) is 9.90 Å². The molecular weight excluding hydrogens is 273 g/mol. The smallest absolute Gasteiger partial charge is 0.549 e. The van der Waals surface area contributed by atoms with Gasteiger partial charge in [0.1, 0.15) is 0 Å². The molecule has 0 aliphatic rings. The second-order valence-electron chi connectivity index (χ2n) is 3.30. The summed E-state index contributed by atoms with van der Waals surface area (Å²) in [5, 5.41) is 10.8. The van der Waals surface area contributed by atoms with Gasteiger partial charge in [-0.25, -0.2) is 0 Å². The van der Waals surface area contributed by atoms with Crippen LogP contribution in [0.15, 0.2) is 22.9 Å². The summed E-state index contributed by atoms with van der Waals surface area (Å²) in [5.41, 5.74) is -0.376. The molecule has 0 aliphatic carbocycles. The molecule has 0 amide bonds. The van der Waals surface area contributed by atoms with E-state index in [1.807, 2.05) is 0 Å². The average Bonchev–Trinajstić information content (AvgIpc) is 2.04. The topological polar surface area (TPSA) is 53.0 Å². The van der Waals surface area contributed by atoms with Gasteiger partial charge in [-0.15, -0.1) is 0 Å². The van der Waals surface area contributed by atoms with Crippen LogP contribution in [0.3, 0.4) is 0 Å². The van der Waals surface area contributed by atoms with E-state index in [4.69, 9.17) is 0 Å². The van der Waals surface area contributed by atoms with Gasteiger partial charge in [0.15, 0.2) is 0 Å². The zero-order valence-corrected chi connectivity index (χ0v) is 13.1. The van der Waals surface area contributed by atoms with Crippen LogP contribution < -0.4 is 56.5 Å². The molecule has 0 aromatic carbocycles. The summed E-state index contributed by atoms with van der Waals surface area (Å²) in [7, 11) is 0. The number of rotatable bonds is 2. The van der Waals surface area contributed by atoms with Crippen molar-refractivity contribution < 1.29 is 61.3 Å². The molecule has 0 fully saturated rings. The summed E-state index contributed by atoms with van der Waals surface area (Å²) in [6.45, 7) is 3.18. The van der Waals surface area contributed by atoms with Crippen LogP contribution in [0.5, 0.6) is 0 Å². The maximum absolute atomic E-state index is 10.8. The van der Waals surface area contributed by atoms with E-state index in [2.05, 4.69) is 20.9 Å². The molecule has 0 bridgehead atoms. The molecule has 0 N–H and O–H groups in total. The summed E-state index contributed by atoms with van der Waals surface area (Å²) < 4.78 is 0.763. The van der Waals surface area contributed by atoms with Gasteiger partial charge in [-0.2, -0.15) is 0 Å². The van der Waals surface area contributed by atoms with Crippen LogP contribution in [-0.4, -0.2) is 11.0 Å². The van der Waals surface area contributed by atoms with Crippen LogP contribution in [-0.2, 0) is 10.2 Å². The average molecular weight is 282 g/mol. The van der Waals surface area contributed by atoms with Crippen molar-refractivity contribution in [2.45, 2.75) is 19.3 Å². The fraction of sp³-hybridized carbons (Fsp3) is 0.333. The van der Waals surface area contributed by atoms with E-state index in [1.165, 1.54) is 6.20 Å². The second kappa shape index (κ2) is 5.72. The van der Waals surface area contributed by atoms with Crippen molar-refractivity contribution in [3.05, 3.63) is 28.5 Å². The van der Waals surface area contributed by atoms with Gasteiger partial charge in [0.25, 0.3) is 0 Å². The first kappa shape index (κ1) is 14.7. The number of hydrogen-bond donors (Lipinski definition) is 0.